The maximum atomic E-state index is 14.3. The molecule has 0 radical (unpaired) electrons. The van der Waals surface area contributed by atoms with Crippen molar-refractivity contribution >= 4 is 100 Å². The van der Waals surface area contributed by atoms with E-state index in [-0.39, 0.29) is 37.3 Å². The number of aliphatic carboxylic acids is 1. The number of aromatic nitrogens is 2. The first-order valence-electron chi connectivity index (χ1n) is 24.4. The van der Waals surface area contributed by atoms with E-state index in [2.05, 4.69) is 72.4 Å². The zero-order chi connectivity index (χ0) is 55.1. The molecule has 3 aromatic carbocycles. The number of H-pyrrole nitrogens is 2. The molecule has 25 heteroatoms. The minimum atomic E-state index is -1.75. The van der Waals surface area contributed by atoms with Gasteiger partial charge >= 0.3 is 5.97 Å². The van der Waals surface area contributed by atoms with Crippen LogP contribution in [0.25, 0.3) is 21.8 Å². The van der Waals surface area contributed by atoms with Crippen LogP contribution in [0.2, 0.25) is 0 Å². The summed E-state index contributed by atoms with van der Waals surface area (Å²) in [6.07, 6.45) is 2.14. The van der Waals surface area contributed by atoms with Crippen LogP contribution in [0.5, 0.6) is 0 Å². The van der Waals surface area contributed by atoms with E-state index >= 15 is 0 Å². The number of carbonyl (C=O) groups is 9. The van der Waals surface area contributed by atoms with Gasteiger partial charge in [0, 0.05) is 71.5 Å². The van der Waals surface area contributed by atoms with Crippen LogP contribution in [-0.2, 0) is 62.4 Å². The maximum Gasteiger partial charge on any atom is 0.327 e. The highest BCUT2D eigenvalue weighted by Crippen LogP contribution is 2.23. The summed E-state index contributed by atoms with van der Waals surface area (Å²) in [7, 11) is 0. The fourth-order valence-corrected chi connectivity index (χ4v) is 9.16. The molecule has 0 unspecified atom stereocenters. The number of benzene rings is 3. The lowest BCUT2D eigenvalue weighted by Gasteiger charge is -2.28. The Bertz CT molecular complexity index is 2880. The summed E-state index contributed by atoms with van der Waals surface area (Å²) >= 11 is 8.12. The van der Waals surface area contributed by atoms with Gasteiger partial charge < -0.3 is 73.1 Å². The average Bonchev–Trinajstić information content (AvgIpc) is 4.18. The van der Waals surface area contributed by atoms with Crippen LogP contribution in [0.15, 0.2) is 91.3 Å². The zero-order valence-electron chi connectivity index (χ0n) is 41.4. The number of nitrogens with one attached hydrogen (secondary N) is 9. The SMILES string of the molecule is C[C@@H](O)[C@H](NC(=O)[C@H](Cc1c[nH]c2ccccc12)NC(=O)[C@H](CO)NC(=O)CNC(=O)[C@H](Cc1c[nH]c2ccccc12)NC(=O)[C@@H]1CCCN1C(=O)[C@@H](N)CS)C(=O)N[C@@H](Cc1ccccc1)C(=O)N[C@@H](CS)C(=O)O. The van der Waals surface area contributed by atoms with Gasteiger partial charge in [-0.1, -0.05) is 66.7 Å². The standard InChI is InChI=1S/C51H63N11O12S2/c1-27(64)43(49(71)59-36(18-28-10-3-2-4-11-28)45(67)60-40(26-76)51(73)74)61-46(68)38(20-30-22-54-35-15-8-6-13-32(30)35)57-47(69)39(24-63)56-42(65)23-55-44(66)37(19-29-21-53-34-14-7-5-12-31(29)34)58-48(70)41-16-9-17-62(41)50(72)33(52)25-75/h2-8,10-15,21-22,27,33,36-41,43,53-54,63-64,75-76H,9,16-20,23-26,52H2,1H3,(H,55,66)(H,56,65)(H,57,69)(H,58,70)(H,59,71)(H,60,67)(H,61,68)(H,73,74)/t27-,33+,36+,37+,38+,39+,40+,41+,43+/m1/s1. The molecule has 1 aliphatic rings. The third kappa shape index (κ3) is 15.1. The first-order valence-corrected chi connectivity index (χ1v) is 25.7. The molecule has 6 rings (SSSR count). The molecular formula is C51H63N11O12S2. The number of fused-ring (bicyclic) bond motifs is 2. The zero-order valence-corrected chi connectivity index (χ0v) is 43.2. The highest BCUT2D eigenvalue weighted by Gasteiger charge is 2.39. The largest absolute Gasteiger partial charge is 0.480 e. The number of carboxylic acid groups (broad SMARTS) is 1. The molecule has 1 aliphatic heterocycles. The normalized spacial score (nSPS) is 16.4. The number of amides is 8. The van der Waals surface area contributed by atoms with Crippen molar-refractivity contribution in [3.63, 3.8) is 0 Å². The van der Waals surface area contributed by atoms with Gasteiger partial charge in [-0.15, -0.1) is 0 Å². The number of carboxylic acids is 1. The van der Waals surface area contributed by atoms with Gasteiger partial charge in [0.25, 0.3) is 0 Å². The first-order chi connectivity index (χ1) is 36.4. The van der Waals surface area contributed by atoms with E-state index in [0.717, 1.165) is 10.9 Å². The summed E-state index contributed by atoms with van der Waals surface area (Å²) in [6, 6.07) is 11.9. The third-order valence-electron chi connectivity index (χ3n) is 12.8. The van der Waals surface area contributed by atoms with Crippen LogP contribution in [-0.4, -0.2) is 169 Å². The number of thiol groups is 2. The fourth-order valence-electron chi connectivity index (χ4n) is 8.76. The van der Waals surface area contributed by atoms with E-state index in [0.29, 0.717) is 40.4 Å². The number of rotatable bonds is 26. The van der Waals surface area contributed by atoms with Crippen molar-refractivity contribution in [2.24, 2.45) is 5.73 Å². The van der Waals surface area contributed by atoms with Crippen LogP contribution < -0.4 is 43.0 Å². The molecule has 9 atom stereocenters. The molecule has 5 aromatic rings. The summed E-state index contributed by atoms with van der Waals surface area (Å²) in [6.45, 7) is -0.251. The number of carbonyl (C=O) groups excluding carboxylic acids is 8. The molecule has 0 aliphatic carbocycles. The molecule has 2 aromatic heterocycles. The summed E-state index contributed by atoms with van der Waals surface area (Å²) in [5.41, 5.74) is 9.18. The molecule has 14 N–H and O–H groups in total. The highest BCUT2D eigenvalue weighted by molar-refractivity contribution is 7.80. The van der Waals surface area contributed by atoms with Gasteiger partial charge in [-0.3, -0.25) is 38.4 Å². The maximum absolute atomic E-state index is 14.3. The number of aromatic amines is 2. The average molecular weight is 1090 g/mol. The smallest absolute Gasteiger partial charge is 0.327 e. The summed E-state index contributed by atoms with van der Waals surface area (Å²) < 4.78 is 0. The number of aliphatic hydroxyl groups excluding tert-OH is 2. The van der Waals surface area contributed by atoms with Crippen LogP contribution >= 0.6 is 25.3 Å². The molecule has 0 bridgehead atoms. The van der Waals surface area contributed by atoms with Gasteiger partial charge in [0.1, 0.15) is 42.3 Å². The van der Waals surface area contributed by atoms with Crippen LogP contribution in [0, 0.1) is 0 Å². The Hall–Kier alpha value is -7.45. The lowest BCUT2D eigenvalue weighted by Crippen LogP contribution is -2.62. The second-order valence-corrected chi connectivity index (χ2v) is 19.0. The Morgan fingerprint density at radius 3 is 1.75 bits per heavy atom. The topological polar surface area (TPSA) is 359 Å². The first kappa shape index (κ1) is 57.8. The number of aliphatic hydroxyl groups is 2. The summed E-state index contributed by atoms with van der Waals surface area (Å²) in [5, 5.41) is 49.7. The van der Waals surface area contributed by atoms with Gasteiger partial charge in [0.15, 0.2) is 0 Å². The molecule has 8 amide bonds. The molecule has 76 heavy (non-hydrogen) atoms. The Balaban J connectivity index is 1.16. The van der Waals surface area contributed by atoms with Crippen LogP contribution in [0.1, 0.15) is 36.5 Å². The number of nitrogens with two attached hydrogens (primary N) is 1. The molecule has 406 valence electrons. The third-order valence-corrected chi connectivity index (χ3v) is 13.6. The van der Waals surface area contributed by atoms with E-state index < -0.39 is 121 Å². The van der Waals surface area contributed by atoms with Crippen molar-refractivity contribution in [3.05, 3.63) is 108 Å². The Labute approximate surface area is 447 Å². The minimum absolute atomic E-state index is 0.0353. The van der Waals surface area contributed by atoms with Gasteiger partial charge in [-0.2, -0.15) is 25.3 Å². The van der Waals surface area contributed by atoms with Crippen LogP contribution in [0.3, 0.4) is 0 Å². The molecular weight excluding hydrogens is 1020 g/mol. The van der Waals surface area contributed by atoms with E-state index in [4.69, 9.17) is 5.73 Å². The van der Waals surface area contributed by atoms with Gasteiger partial charge in [-0.25, -0.2) is 4.79 Å². The monoisotopic (exact) mass is 1090 g/mol. The van der Waals surface area contributed by atoms with E-state index in [1.54, 1.807) is 73.1 Å². The van der Waals surface area contributed by atoms with Crippen LogP contribution in [0.4, 0.5) is 0 Å². The fraction of sp³-hybridized carbons (Fsp3) is 0.392. The number of para-hydroxylation sites is 2. The number of likely N-dealkylation sites (tertiary alicyclic amines) is 1. The quantitative estimate of drug-likeness (QED) is 0.0276. The molecule has 0 spiro atoms. The van der Waals surface area contributed by atoms with Crippen molar-refractivity contribution in [3.8, 4) is 0 Å². The minimum Gasteiger partial charge on any atom is -0.480 e. The van der Waals surface area contributed by atoms with Crippen molar-refractivity contribution < 1.29 is 58.5 Å². The predicted molar refractivity (Wildman–Crippen MR) is 286 cm³/mol. The van der Waals surface area contributed by atoms with Crippen molar-refractivity contribution in [1.29, 1.82) is 0 Å². The predicted octanol–water partition coefficient (Wildman–Crippen LogP) is -1.66. The van der Waals surface area contributed by atoms with Crippen molar-refractivity contribution in [1.82, 2.24) is 52.1 Å². The number of hydrogen-bond acceptors (Lipinski definition) is 14. The van der Waals surface area contributed by atoms with Crippen molar-refractivity contribution in [2.75, 3.05) is 31.2 Å². The van der Waals surface area contributed by atoms with Gasteiger partial charge in [0.2, 0.25) is 47.3 Å². The lowest BCUT2D eigenvalue weighted by atomic mass is 10.0. The molecule has 1 saturated heterocycles. The van der Waals surface area contributed by atoms with E-state index in [1.807, 2.05) is 18.2 Å². The summed E-state index contributed by atoms with van der Waals surface area (Å²) in [5.74, 6) is -8.38. The molecule has 3 heterocycles. The van der Waals surface area contributed by atoms with E-state index in [1.165, 1.54) is 11.8 Å². The Morgan fingerprint density at radius 1 is 0.658 bits per heavy atom. The van der Waals surface area contributed by atoms with Gasteiger partial charge in [0.05, 0.1) is 25.3 Å². The summed E-state index contributed by atoms with van der Waals surface area (Å²) in [4.78, 5) is 129. The lowest BCUT2D eigenvalue weighted by molar-refractivity contribution is -0.141. The second-order valence-electron chi connectivity index (χ2n) is 18.3. The second kappa shape index (κ2) is 27.4. The van der Waals surface area contributed by atoms with Gasteiger partial charge in [-0.05, 0) is 48.6 Å². The molecule has 0 saturated carbocycles. The molecule has 23 nitrogen and oxygen atoms in total. The Morgan fingerprint density at radius 2 is 1.18 bits per heavy atom. The number of hydrogen-bond donors (Lipinski definition) is 15. The molecule has 1 fully saturated rings. The Kier molecular flexibility index (Phi) is 20.8. The number of nitrogens with zero attached hydrogens (tertiary/aromatic N) is 1. The highest BCUT2D eigenvalue weighted by atomic mass is 32.1. The van der Waals surface area contributed by atoms with E-state index in [9.17, 15) is 58.5 Å². The van der Waals surface area contributed by atoms with Crippen molar-refractivity contribution in [2.45, 2.75) is 93.5 Å².